The van der Waals surface area contributed by atoms with Gasteiger partial charge >= 0.3 is 0 Å². The molecule has 3 rings (SSSR count). The maximum absolute atomic E-state index is 13.0. The van der Waals surface area contributed by atoms with E-state index >= 15 is 0 Å². The molecular weight excluding hydrogens is 365 g/mol. The molecule has 0 aromatic heterocycles. The van der Waals surface area contributed by atoms with Crippen LogP contribution in [0.15, 0.2) is 59.6 Å². The van der Waals surface area contributed by atoms with Gasteiger partial charge < -0.3 is 15.5 Å². The summed E-state index contributed by atoms with van der Waals surface area (Å²) >= 11 is 0. The molecule has 0 radical (unpaired) electrons. The van der Waals surface area contributed by atoms with Crippen molar-refractivity contribution in [1.82, 2.24) is 20.4 Å². The first-order chi connectivity index (χ1) is 14.2. The summed E-state index contributed by atoms with van der Waals surface area (Å²) < 4.78 is 13.0. The van der Waals surface area contributed by atoms with Gasteiger partial charge in [-0.2, -0.15) is 0 Å². The number of halogens is 1. The summed E-state index contributed by atoms with van der Waals surface area (Å²) in [7, 11) is 3.97. The van der Waals surface area contributed by atoms with Crippen molar-refractivity contribution in [3.63, 3.8) is 0 Å². The maximum Gasteiger partial charge on any atom is 0.191 e. The van der Waals surface area contributed by atoms with E-state index in [-0.39, 0.29) is 5.82 Å². The van der Waals surface area contributed by atoms with Gasteiger partial charge in [0, 0.05) is 52.4 Å². The van der Waals surface area contributed by atoms with Crippen molar-refractivity contribution >= 4 is 5.96 Å². The van der Waals surface area contributed by atoms with E-state index in [9.17, 15) is 4.39 Å². The average molecular weight is 398 g/mol. The van der Waals surface area contributed by atoms with Crippen molar-refractivity contribution in [3.8, 4) is 0 Å². The topological polar surface area (TPSA) is 42.9 Å². The number of likely N-dealkylation sites (N-methyl/N-ethyl adjacent to an activating group) is 1. The Morgan fingerprint density at radius 1 is 1.07 bits per heavy atom. The van der Waals surface area contributed by atoms with Crippen molar-refractivity contribution < 1.29 is 4.39 Å². The first-order valence-corrected chi connectivity index (χ1v) is 10.3. The van der Waals surface area contributed by atoms with E-state index in [1.54, 1.807) is 19.2 Å². The zero-order valence-corrected chi connectivity index (χ0v) is 17.4. The number of rotatable bonds is 7. The number of guanidine groups is 1. The lowest BCUT2D eigenvalue weighted by molar-refractivity contribution is 0.0891. The van der Waals surface area contributed by atoms with Gasteiger partial charge in [0.1, 0.15) is 5.82 Å². The predicted molar refractivity (Wildman–Crippen MR) is 117 cm³/mol. The Hall–Kier alpha value is -2.44. The van der Waals surface area contributed by atoms with Crippen LogP contribution in [0.4, 0.5) is 4.39 Å². The van der Waals surface area contributed by atoms with E-state index in [2.05, 4.69) is 62.8 Å². The standard InChI is InChI=1S/C23H32FN5/c1-25-23(27-17-19-9-11-21(24)12-10-19)26-13-6-14-29-16-15-28(2)18-22(29)20-7-4-3-5-8-20/h3-5,7-12,22H,6,13-18H2,1-2H3,(H2,25,26,27). The summed E-state index contributed by atoms with van der Waals surface area (Å²) in [6, 6.07) is 17.8. The molecule has 0 spiro atoms. The van der Waals surface area contributed by atoms with Crippen LogP contribution in [0.2, 0.25) is 0 Å². The number of aliphatic imine (C=N–C) groups is 1. The molecule has 1 atom stereocenters. The summed E-state index contributed by atoms with van der Waals surface area (Å²) in [5.41, 5.74) is 2.42. The van der Waals surface area contributed by atoms with Gasteiger partial charge in [0.2, 0.25) is 0 Å². The molecule has 29 heavy (non-hydrogen) atoms. The molecule has 2 N–H and O–H groups in total. The fourth-order valence-corrected chi connectivity index (χ4v) is 3.71. The Morgan fingerprint density at radius 3 is 2.55 bits per heavy atom. The molecule has 1 aliphatic rings. The number of hydrogen-bond acceptors (Lipinski definition) is 3. The van der Waals surface area contributed by atoms with Crippen molar-refractivity contribution in [1.29, 1.82) is 0 Å². The van der Waals surface area contributed by atoms with Gasteiger partial charge in [-0.1, -0.05) is 42.5 Å². The normalized spacial score (nSPS) is 18.6. The number of benzene rings is 2. The molecule has 1 heterocycles. The zero-order chi connectivity index (χ0) is 20.5. The Bertz CT molecular complexity index is 763. The van der Waals surface area contributed by atoms with Crippen LogP contribution in [-0.4, -0.2) is 62.6 Å². The molecule has 1 unspecified atom stereocenters. The second-order valence-corrected chi connectivity index (χ2v) is 7.56. The van der Waals surface area contributed by atoms with Crippen LogP contribution in [0.25, 0.3) is 0 Å². The van der Waals surface area contributed by atoms with Crippen LogP contribution in [0.5, 0.6) is 0 Å². The smallest absolute Gasteiger partial charge is 0.191 e. The molecule has 0 saturated carbocycles. The predicted octanol–water partition coefficient (Wildman–Crippen LogP) is 2.87. The van der Waals surface area contributed by atoms with E-state index in [4.69, 9.17) is 0 Å². The third-order valence-corrected chi connectivity index (χ3v) is 5.39. The molecule has 1 aliphatic heterocycles. The summed E-state index contributed by atoms with van der Waals surface area (Å²) in [4.78, 5) is 9.28. The van der Waals surface area contributed by atoms with Gasteiger partial charge in [0.05, 0.1) is 0 Å². The molecule has 0 amide bonds. The maximum atomic E-state index is 13.0. The SMILES string of the molecule is CN=C(NCCCN1CCN(C)CC1c1ccccc1)NCc1ccc(F)cc1. The molecule has 0 bridgehead atoms. The Morgan fingerprint density at radius 2 is 1.83 bits per heavy atom. The molecule has 2 aromatic carbocycles. The quantitative estimate of drug-likeness (QED) is 0.428. The average Bonchev–Trinajstić information content (AvgIpc) is 2.76. The number of nitrogens with one attached hydrogen (secondary N) is 2. The number of piperazine rings is 1. The van der Waals surface area contributed by atoms with Gasteiger partial charge in [0.25, 0.3) is 0 Å². The van der Waals surface area contributed by atoms with Crippen molar-refractivity contribution in [2.24, 2.45) is 4.99 Å². The Balaban J connectivity index is 1.43. The van der Waals surface area contributed by atoms with E-state index < -0.39 is 0 Å². The molecule has 0 aliphatic carbocycles. The third kappa shape index (κ3) is 6.54. The van der Waals surface area contributed by atoms with E-state index in [0.717, 1.165) is 50.7 Å². The van der Waals surface area contributed by atoms with E-state index in [0.29, 0.717) is 12.6 Å². The van der Waals surface area contributed by atoms with Gasteiger partial charge in [0.15, 0.2) is 5.96 Å². The third-order valence-electron chi connectivity index (χ3n) is 5.39. The van der Waals surface area contributed by atoms with Gasteiger partial charge in [-0.15, -0.1) is 0 Å². The van der Waals surface area contributed by atoms with Gasteiger partial charge in [-0.05, 0) is 36.7 Å². The van der Waals surface area contributed by atoms with Gasteiger partial charge in [-0.25, -0.2) is 4.39 Å². The van der Waals surface area contributed by atoms with Crippen molar-refractivity contribution in [3.05, 3.63) is 71.5 Å². The van der Waals surface area contributed by atoms with Gasteiger partial charge in [-0.3, -0.25) is 9.89 Å². The Kier molecular flexibility index (Phi) is 8.02. The minimum absolute atomic E-state index is 0.214. The zero-order valence-electron chi connectivity index (χ0n) is 17.4. The monoisotopic (exact) mass is 397 g/mol. The van der Waals surface area contributed by atoms with Crippen LogP contribution in [-0.2, 0) is 6.54 Å². The Labute approximate surface area is 173 Å². The van der Waals surface area contributed by atoms with E-state index in [1.807, 2.05) is 0 Å². The van der Waals surface area contributed by atoms with Crippen molar-refractivity contribution in [2.45, 2.75) is 19.0 Å². The molecule has 156 valence electrons. The summed E-state index contributed by atoms with van der Waals surface area (Å²) in [5, 5.41) is 6.66. The van der Waals surface area contributed by atoms with Crippen LogP contribution in [0, 0.1) is 5.82 Å². The minimum atomic E-state index is -0.214. The summed E-state index contributed by atoms with van der Waals surface area (Å²) in [5.74, 6) is 0.557. The summed E-state index contributed by atoms with van der Waals surface area (Å²) in [6.07, 6.45) is 1.05. The first kappa shape index (κ1) is 21.3. The van der Waals surface area contributed by atoms with E-state index in [1.165, 1.54) is 17.7 Å². The lowest BCUT2D eigenvalue weighted by Gasteiger charge is -2.40. The second kappa shape index (κ2) is 10.9. The molecule has 1 fully saturated rings. The number of hydrogen-bond donors (Lipinski definition) is 2. The highest BCUT2D eigenvalue weighted by molar-refractivity contribution is 5.79. The number of nitrogens with zero attached hydrogens (tertiary/aromatic N) is 3. The van der Waals surface area contributed by atoms with Crippen LogP contribution in [0.1, 0.15) is 23.6 Å². The second-order valence-electron chi connectivity index (χ2n) is 7.56. The largest absolute Gasteiger partial charge is 0.356 e. The van der Waals surface area contributed by atoms with Crippen LogP contribution < -0.4 is 10.6 Å². The first-order valence-electron chi connectivity index (χ1n) is 10.3. The minimum Gasteiger partial charge on any atom is -0.356 e. The lowest BCUT2D eigenvalue weighted by atomic mass is 10.0. The highest BCUT2D eigenvalue weighted by atomic mass is 19.1. The highest BCUT2D eigenvalue weighted by Crippen LogP contribution is 2.24. The molecule has 2 aromatic rings. The molecule has 5 nitrogen and oxygen atoms in total. The van der Waals surface area contributed by atoms with Crippen LogP contribution in [0.3, 0.4) is 0 Å². The lowest BCUT2D eigenvalue weighted by Crippen LogP contribution is -2.47. The summed E-state index contributed by atoms with van der Waals surface area (Å²) in [6.45, 7) is 5.80. The molecule has 6 heteroatoms. The highest BCUT2D eigenvalue weighted by Gasteiger charge is 2.25. The van der Waals surface area contributed by atoms with Crippen LogP contribution >= 0.6 is 0 Å². The fraction of sp³-hybridized carbons (Fsp3) is 0.435. The molecule has 1 saturated heterocycles. The fourth-order valence-electron chi connectivity index (χ4n) is 3.71. The van der Waals surface area contributed by atoms with Crippen molar-refractivity contribution in [2.75, 3.05) is 46.8 Å². The molecular formula is C23H32FN5.